The second-order valence-corrected chi connectivity index (χ2v) is 5.52. The van der Waals surface area contributed by atoms with Gasteiger partial charge < -0.3 is 5.32 Å². The fourth-order valence-corrected chi connectivity index (χ4v) is 2.84. The number of hydrogen-bond acceptors (Lipinski definition) is 5. The standard InChI is InChI=1S/C15H20N6O/c22-15(19-13-4-6-16-7-5-13)10-20-8-2-1-3-14(20)9-21-12-17-11-18-21/h4-7,11-12,14H,1-3,8-10H2,(H,16,19,22)/t14-/m0/s1. The zero-order chi connectivity index (χ0) is 15.2. The van der Waals surface area contributed by atoms with E-state index in [0.29, 0.717) is 12.6 Å². The highest BCUT2D eigenvalue weighted by Gasteiger charge is 2.24. The molecule has 1 amide bonds. The molecule has 1 atom stereocenters. The summed E-state index contributed by atoms with van der Waals surface area (Å²) in [5.74, 6) is 0.0108. The van der Waals surface area contributed by atoms with Gasteiger partial charge in [0.05, 0.1) is 13.1 Å². The molecule has 1 N–H and O–H groups in total. The molecule has 1 aliphatic rings. The predicted molar refractivity (Wildman–Crippen MR) is 82.1 cm³/mol. The molecule has 0 bridgehead atoms. The molecule has 0 saturated carbocycles. The molecule has 0 unspecified atom stereocenters. The Hall–Kier alpha value is -2.28. The van der Waals surface area contributed by atoms with Gasteiger partial charge in [-0.25, -0.2) is 4.98 Å². The minimum Gasteiger partial charge on any atom is -0.325 e. The Balaban J connectivity index is 1.57. The molecule has 1 aliphatic heterocycles. The van der Waals surface area contributed by atoms with E-state index in [-0.39, 0.29) is 5.91 Å². The Bertz CT molecular complexity index is 585. The number of hydrogen-bond donors (Lipinski definition) is 1. The molecule has 116 valence electrons. The van der Waals surface area contributed by atoms with Crippen molar-refractivity contribution >= 4 is 11.6 Å². The maximum Gasteiger partial charge on any atom is 0.238 e. The lowest BCUT2D eigenvalue weighted by Gasteiger charge is -2.34. The average molecular weight is 300 g/mol. The molecule has 7 nitrogen and oxygen atoms in total. The average Bonchev–Trinajstić information content (AvgIpc) is 3.03. The number of aromatic nitrogens is 4. The smallest absolute Gasteiger partial charge is 0.238 e. The van der Waals surface area contributed by atoms with Crippen LogP contribution in [0.3, 0.4) is 0 Å². The summed E-state index contributed by atoms with van der Waals surface area (Å²) in [6.07, 6.45) is 10.0. The first-order valence-electron chi connectivity index (χ1n) is 7.57. The van der Waals surface area contributed by atoms with Gasteiger partial charge in [-0.1, -0.05) is 6.42 Å². The van der Waals surface area contributed by atoms with Crippen LogP contribution < -0.4 is 5.32 Å². The van der Waals surface area contributed by atoms with E-state index in [1.54, 1.807) is 37.2 Å². The van der Waals surface area contributed by atoms with Crippen molar-refractivity contribution in [3.63, 3.8) is 0 Å². The van der Waals surface area contributed by atoms with Crippen LogP contribution in [0.5, 0.6) is 0 Å². The van der Waals surface area contributed by atoms with Crippen LogP contribution in [0.2, 0.25) is 0 Å². The van der Waals surface area contributed by atoms with Gasteiger partial charge in [0.15, 0.2) is 0 Å². The summed E-state index contributed by atoms with van der Waals surface area (Å²) in [5, 5.41) is 7.08. The fraction of sp³-hybridized carbons (Fsp3) is 0.467. The zero-order valence-corrected chi connectivity index (χ0v) is 12.4. The third-order valence-corrected chi connectivity index (χ3v) is 3.92. The lowest BCUT2D eigenvalue weighted by Crippen LogP contribution is -2.46. The van der Waals surface area contributed by atoms with Gasteiger partial charge in [0.1, 0.15) is 12.7 Å². The molecular weight excluding hydrogens is 280 g/mol. The van der Waals surface area contributed by atoms with E-state index in [4.69, 9.17) is 0 Å². The van der Waals surface area contributed by atoms with Crippen LogP contribution in [-0.2, 0) is 11.3 Å². The first-order chi connectivity index (χ1) is 10.8. The van der Waals surface area contributed by atoms with E-state index >= 15 is 0 Å². The van der Waals surface area contributed by atoms with Crippen LogP contribution >= 0.6 is 0 Å². The Kier molecular flexibility index (Phi) is 4.75. The summed E-state index contributed by atoms with van der Waals surface area (Å²) in [6.45, 7) is 2.13. The number of amides is 1. The van der Waals surface area contributed by atoms with Crippen molar-refractivity contribution < 1.29 is 4.79 Å². The maximum atomic E-state index is 12.2. The molecular formula is C15H20N6O. The van der Waals surface area contributed by atoms with Gasteiger partial charge in [0, 0.05) is 24.1 Å². The van der Waals surface area contributed by atoms with Crippen LogP contribution in [0.25, 0.3) is 0 Å². The SMILES string of the molecule is O=C(CN1CCCC[C@H]1Cn1cncn1)Nc1ccncc1. The third kappa shape index (κ3) is 3.88. The van der Waals surface area contributed by atoms with Crippen LogP contribution in [0.1, 0.15) is 19.3 Å². The Morgan fingerprint density at radius 1 is 1.27 bits per heavy atom. The molecule has 1 fully saturated rings. The lowest BCUT2D eigenvalue weighted by molar-refractivity contribution is -0.118. The van der Waals surface area contributed by atoms with E-state index in [9.17, 15) is 4.79 Å². The fourth-order valence-electron chi connectivity index (χ4n) is 2.84. The summed E-state index contributed by atoms with van der Waals surface area (Å²) in [5.41, 5.74) is 0.782. The Morgan fingerprint density at radius 2 is 2.14 bits per heavy atom. The van der Waals surface area contributed by atoms with Crippen LogP contribution in [0, 0.1) is 0 Å². The van der Waals surface area contributed by atoms with Gasteiger partial charge in [0.25, 0.3) is 0 Å². The van der Waals surface area contributed by atoms with Crippen LogP contribution in [0.4, 0.5) is 5.69 Å². The van der Waals surface area contributed by atoms with Crippen molar-refractivity contribution in [3.05, 3.63) is 37.2 Å². The molecule has 22 heavy (non-hydrogen) atoms. The Labute approximate surface area is 129 Å². The number of carbonyl (C=O) groups excluding carboxylic acids is 1. The number of nitrogens with one attached hydrogen (secondary N) is 1. The van der Waals surface area contributed by atoms with Gasteiger partial charge >= 0.3 is 0 Å². The normalized spacial score (nSPS) is 19.0. The number of likely N-dealkylation sites (tertiary alicyclic amines) is 1. The minimum atomic E-state index is 0.0108. The number of nitrogens with zero attached hydrogens (tertiary/aromatic N) is 5. The van der Waals surface area contributed by atoms with Crippen molar-refractivity contribution in [1.82, 2.24) is 24.6 Å². The van der Waals surface area contributed by atoms with E-state index in [0.717, 1.165) is 31.6 Å². The molecule has 2 aromatic heterocycles. The van der Waals surface area contributed by atoms with Crippen molar-refractivity contribution in [2.45, 2.75) is 31.8 Å². The maximum absolute atomic E-state index is 12.2. The van der Waals surface area contributed by atoms with Crippen molar-refractivity contribution in [1.29, 1.82) is 0 Å². The molecule has 0 aromatic carbocycles. The van der Waals surface area contributed by atoms with Gasteiger partial charge in [-0.15, -0.1) is 0 Å². The van der Waals surface area contributed by atoms with Crippen LogP contribution in [-0.4, -0.2) is 49.7 Å². The molecule has 0 radical (unpaired) electrons. The summed E-state index contributed by atoms with van der Waals surface area (Å²) < 4.78 is 1.84. The molecule has 2 aromatic rings. The quantitative estimate of drug-likeness (QED) is 0.897. The molecule has 7 heteroatoms. The molecule has 3 rings (SSSR count). The number of pyridine rings is 1. The summed E-state index contributed by atoms with van der Waals surface area (Å²) in [7, 11) is 0. The molecule has 3 heterocycles. The van der Waals surface area contributed by atoms with E-state index < -0.39 is 0 Å². The van der Waals surface area contributed by atoms with E-state index in [1.165, 1.54) is 6.42 Å². The minimum absolute atomic E-state index is 0.0108. The first kappa shape index (κ1) is 14.6. The van der Waals surface area contributed by atoms with Crippen molar-refractivity contribution in [3.8, 4) is 0 Å². The third-order valence-electron chi connectivity index (χ3n) is 3.92. The predicted octanol–water partition coefficient (Wildman–Crippen LogP) is 1.17. The molecule has 0 spiro atoms. The number of carbonyl (C=O) groups is 1. The van der Waals surface area contributed by atoms with E-state index in [2.05, 4.69) is 25.3 Å². The molecule has 0 aliphatic carbocycles. The van der Waals surface area contributed by atoms with Gasteiger partial charge in [-0.05, 0) is 31.5 Å². The largest absolute Gasteiger partial charge is 0.325 e. The van der Waals surface area contributed by atoms with Crippen molar-refractivity contribution in [2.75, 3.05) is 18.4 Å². The lowest BCUT2D eigenvalue weighted by atomic mass is 10.0. The monoisotopic (exact) mass is 300 g/mol. The number of rotatable bonds is 5. The van der Waals surface area contributed by atoms with Gasteiger partial charge in [0.2, 0.25) is 5.91 Å². The number of piperidine rings is 1. The first-order valence-corrected chi connectivity index (χ1v) is 7.57. The van der Waals surface area contributed by atoms with Gasteiger partial charge in [-0.3, -0.25) is 19.4 Å². The van der Waals surface area contributed by atoms with Gasteiger partial charge in [-0.2, -0.15) is 5.10 Å². The summed E-state index contributed by atoms with van der Waals surface area (Å²) in [4.78, 5) is 22.4. The summed E-state index contributed by atoms with van der Waals surface area (Å²) in [6, 6.07) is 3.92. The second-order valence-electron chi connectivity index (χ2n) is 5.52. The summed E-state index contributed by atoms with van der Waals surface area (Å²) >= 11 is 0. The topological polar surface area (TPSA) is 75.9 Å². The highest BCUT2D eigenvalue weighted by molar-refractivity contribution is 5.92. The highest BCUT2D eigenvalue weighted by Crippen LogP contribution is 2.18. The van der Waals surface area contributed by atoms with Crippen LogP contribution in [0.15, 0.2) is 37.2 Å². The highest BCUT2D eigenvalue weighted by atomic mass is 16.2. The zero-order valence-electron chi connectivity index (χ0n) is 12.4. The Morgan fingerprint density at radius 3 is 2.91 bits per heavy atom. The second kappa shape index (κ2) is 7.13. The van der Waals surface area contributed by atoms with Crippen molar-refractivity contribution in [2.24, 2.45) is 0 Å². The molecule has 1 saturated heterocycles. The van der Waals surface area contributed by atoms with E-state index in [1.807, 2.05) is 4.68 Å². The number of anilines is 1.